The van der Waals surface area contributed by atoms with E-state index in [-0.39, 0.29) is 13.2 Å². The second-order valence-corrected chi connectivity index (χ2v) is 5.32. The SMILES string of the molecule is CC(=O)O[C@H](C(=O)OCCOC(=O)C#Cc1ccccc1)c1ccccc1. The average molecular weight is 366 g/mol. The van der Waals surface area contributed by atoms with Gasteiger partial charge in [-0.25, -0.2) is 9.59 Å². The van der Waals surface area contributed by atoms with E-state index in [1.807, 2.05) is 6.07 Å². The van der Waals surface area contributed by atoms with Gasteiger partial charge in [-0.05, 0) is 12.1 Å². The molecular weight excluding hydrogens is 348 g/mol. The normalized spacial score (nSPS) is 10.7. The lowest BCUT2D eigenvalue weighted by Crippen LogP contribution is -2.23. The van der Waals surface area contributed by atoms with Crippen LogP contribution < -0.4 is 0 Å². The third-order valence-corrected chi connectivity index (χ3v) is 3.24. The molecule has 0 aliphatic carbocycles. The Labute approximate surface area is 157 Å². The van der Waals surface area contributed by atoms with E-state index in [1.165, 1.54) is 6.92 Å². The summed E-state index contributed by atoms with van der Waals surface area (Å²) in [5, 5.41) is 0. The van der Waals surface area contributed by atoms with Crippen LogP contribution in [0.3, 0.4) is 0 Å². The lowest BCUT2D eigenvalue weighted by atomic mass is 10.1. The minimum atomic E-state index is -1.17. The molecule has 0 radical (unpaired) electrons. The number of hydrogen-bond donors (Lipinski definition) is 0. The predicted molar refractivity (Wildman–Crippen MR) is 96.2 cm³/mol. The molecule has 2 rings (SSSR count). The van der Waals surface area contributed by atoms with Gasteiger partial charge in [0.25, 0.3) is 0 Å². The Morgan fingerprint density at radius 2 is 1.48 bits per heavy atom. The molecule has 0 aliphatic heterocycles. The van der Waals surface area contributed by atoms with Gasteiger partial charge in [0, 0.05) is 24.0 Å². The molecule has 0 heterocycles. The van der Waals surface area contributed by atoms with Crippen molar-refractivity contribution in [1.82, 2.24) is 0 Å². The van der Waals surface area contributed by atoms with E-state index in [0.29, 0.717) is 11.1 Å². The molecule has 0 N–H and O–H groups in total. The van der Waals surface area contributed by atoms with Crippen LogP contribution >= 0.6 is 0 Å². The summed E-state index contributed by atoms with van der Waals surface area (Å²) < 4.78 is 14.9. The molecular formula is C21H18O6. The zero-order valence-electron chi connectivity index (χ0n) is 14.7. The Balaban J connectivity index is 1.81. The largest absolute Gasteiger partial charge is 0.459 e. The van der Waals surface area contributed by atoms with E-state index in [2.05, 4.69) is 11.8 Å². The summed E-state index contributed by atoms with van der Waals surface area (Å²) in [4.78, 5) is 34.9. The van der Waals surface area contributed by atoms with Crippen molar-refractivity contribution >= 4 is 17.9 Å². The highest BCUT2D eigenvalue weighted by molar-refractivity contribution is 5.89. The standard InChI is InChI=1S/C21H18O6/c1-16(22)27-20(18-10-6-3-7-11-18)21(24)26-15-14-25-19(23)13-12-17-8-4-2-5-9-17/h2-11,20H,14-15H2,1H3/t20-/m0/s1. The Kier molecular flexibility index (Phi) is 7.61. The fourth-order valence-electron chi connectivity index (χ4n) is 2.08. The molecule has 0 aliphatic rings. The molecule has 6 heteroatoms. The van der Waals surface area contributed by atoms with Gasteiger partial charge in [-0.2, -0.15) is 0 Å². The molecule has 0 bridgehead atoms. The minimum Gasteiger partial charge on any atom is -0.459 e. The quantitative estimate of drug-likeness (QED) is 0.338. The Morgan fingerprint density at radius 1 is 0.889 bits per heavy atom. The number of rotatable bonds is 6. The van der Waals surface area contributed by atoms with Crippen molar-refractivity contribution in [1.29, 1.82) is 0 Å². The van der Waals surface area contributed by atoms with Gasteiger partial charge in [0.2, 0.25) is 6.10 Å². The van der Waals surface area contributed by atoms with Crippen LogP contribution in [0, 0.1) is 11.8 Å². The fraction of sp³-hybridized carbons (Fsp3) is 0.190. The number of benzene rings is 2. The molecule has 6 nitrogen and oxygen atoms in total. The molecule has 0 saturated heterocycles. The summed E-state index contributed by atoms with van der Waals surface area (Å²) in [6.07, 6.45) is -1.17. The topological polar surface area (TPSA) is 78.9 Å². The van der Waals surface area contributed by atoms with Crippen LogP contribution in [0.2, 0.25) is 0 Å². The van der Waals surface area contributed by atoms with E-state index in [9.17, 15) is 14.4 Å². The summed E-state index contributed by atoms with van der Waals surface area (Å²) in [7, 11) is 0. The molecule has 0 amide bonds. The minimum absolute atomic E-state index is 0.157. The van der Waals surface area contributed by atoms with E-state index >= 15 is 0 Å². The summed E-state index contributed by atoms with van der Waals surface area (Å²) in [5.74, 6) is 2.92. The van der Waals surface area contributed by atoms with Crippen molar-refractivity contribution < 1.29 is 28.6 Å². The van der Waals surface area contributed by atoms with Crippen LogP contribution in [0.25, 0.3) is 0 Å². The van der Waals surface area contributed by atoms with Crippen molar-refractivity contribution in [2.75, 3.05) is 13.2 Å². The molecule has 0 saturated carbocycles. The van der Waals surface area contributed by atoms with Crippen molar-refractivity contribution in [2.24, 2.45) is 0 Å². The van der Waals surface area contributed by atoms with Gasteiger partial charge < -0.3 is 14.2 Å². The first-order valence-corrected chi connectivity index (χ1v) is 8.19. The van der Waals surface area contributed by atoms with Gasteiger partial charge >= 0.3 is 17.9 Å². The van der Waals surface area contributed by atoms with Gasteiger partial charge in [-0.15, -0.1) is 0 Å². The van der Waals surface area contributed by atoms with Gasteiger partial charge in [-0.3, -0.25) is 4.79 Å². The van der Waals surface area contributed by atoms with E-state index < -0.39 is 24.0 Å². The van der Waals surface area contributed by atoms with Crippen LogP contribution in [-0.2, 0) is 28.6 Å². The van der Waals surface area contributed by atoms with Crippen molar-refractivity contribution in [3.63, 3.8) is 0 Å². The Bertz CT molecular complexity index is 833. The zero-order chi connectivity index (χ0) is 19.5. The number of esters is 3. The lowest BCUT2D eigenvalue weighted by Gasteiger charge is -2.16. The fourth-order valence-corrected chi connectivity index (χ4v) is 2.08. The summed E-state index contributed by atoms with van der Waals surface area (Å²) in [6, 6.07) is 17.5. The monoisotopic (exact) mass is 366 g/mol. The Morgan fingerprint density at radius 3 is 2.11 bits per heavy atom. The van der Waals surface area contributed by atoms with Crippen molar-refractivity contribution in [3.05, 3.63) is 71.8 Å². The highest BCUT2D eigenvalue weighted by atomic mass is 16.6. The number of hydrogen-bond acceptors (Lipinski definition) is 6. The summed E-state index contributed by atoms with van der Waals surface area (Å²) >= 11 is 0. The van der Waals surface area contributed by atoms with Crippen LogP contribution in [0.1, 0.15) is 24.2 Å². The van der Waals surface area contributed by atoms with Crippen LogP contribution in [0.4, 0.5) is 0 Å². The first-order valence-electron chi connectivity index (χ1n) is 8.19. The average Bonchev–Trinajstić information content (AvgIpc) is 2.69. The van der Waals surface area contributed by atoms with Crippen molar-refractivity contribution in [2.45, 2.75) is 13.0 Å². The van der Waals surface area contributed by atoms with Gasteiger partial charge in [-0.1, -0.05) is 54.5 Å². The van der Waals surface area contributed by atoms with Crippen LogP contribution in [0.15, 0.2) is 60.7 Å². The van der Waals surface area contributed by atoms with Crippen molar-refractivity contribution in [3.8, 4) is 11.8 Å². The molecule has 27 heavy (non-hydrogen) atoms. The third kappa shape index (κ3) is 7.04. The molecule has 2 aromatic carbocycles. The molecule has 1 atom stereocenters. The smallest absolute Gasteiger partial charge is 0.384 e. The summed E-state index contributed by atoms with van der Waals surface area (Å²) in [6.45, 7) is 0.869. The summed E-state index contributed by atoms with van der Waals surface area (Å²) in [5.41, 5.74) is 1.18. The molecule has 2 aromatic rings. The first kappa shape index (κ1) is 19.7. The van der Waals surface area contributed by atoms with E-state index in [4.69, 9.17) is 14.2 Å². The van der Waals surface area contributed by atoms with Gasteiger partial charge in [0.15, 0.2) is 0 Å². The maximum atomic E-state index is 12.2. The number of carbonyl (C=O) groups is 3. The van der Waals surface area contributed by atoms with E-state index in [0.717, 1.165) is 0 Å². The third-order valence-electron chi connectivity index (χ3n) is 3.24. The second-order valence-electron chi connectivity index (χ2n) is 5.32. The molecule has 0 aromatic heterocycles. The van der Waals surface area contributed by atoms with Crippen LogP contribution in [0.5, 0.6) is 0 Å². The lowest BCUT2D eigenvalue weighted by molar-refractivity contribution is -0.168. The zero-order valence-corrected chi connectivity index (χ0v) is 14.7. The maximum absolute atomic E-state index is 12.2. The molecule has 0 unspecified atom stereocenters. The number of carbonyl (C=O) groups excluding carboxylic acids is 3. The van der Waals surface area contributed by atoms with Gasteiger partial charge in [0.1, 0.15) is 13.2 Å². The molecule has 0 spiro atoms. The van der Waals surface area contributed by atoms with Crippen LogP contribution in [-0.4, -0.2) is 31.1 Å². The van der Waals surface area contributed by atoms with E-state index in [1.54, 1.807) is 54.6 Å². The maximum Gasteiger partial charge on any atom is 0.384 e. The number of ether oxygens (including phenoxy) is 3. The predicted octanol–water partition coefficient (Wildman–Crippen LogP) is 2.43. The molecule has 0 fully saturated rings. The highest BCUT2D eigenvalue weighted by Crippen LogP contribution is 2.19. The molecule has 138 valence electrons. The van der Waals surface area contributed by atoms with Gasteiger partial charge in [0.05, 0.1) is 0 Å². The second kappa shape index (κ2) is 10.4. The highest BCUT2D eigenvalue weighted by Gasteiger charge is 2.25. The Hall–Kier alpha value is -3.59. The first-order chi connectivity index (χ1) is 13.1.